The third-order valence-electron chi connectivity index (χ3n) is 4.58. The molecular formula is C17H31IN4O2S2. The Balaban J connectivity index is 0.00000338. The van der Waals surface area contributed by atoms with E-state index >= 15 is 0 Å². The van der Waals surface area contributed by atoms with Gasteiger partial charge in [-0.1, -0.05) is 25.7 Å². The summed E-state index contributed by atoms with van der Waals surface area (Å²) >= 11 is 1.29. The Morgan fingerprint density at radius 1 is 1.27 bits per heavy atom. The topological polar surface area (TPSA) is 73.8 Å². The van der Waals surface area contributed by atoms with Crippen molar-refractivity contribution in [3.63, 3.8) is 0 Å². The van der Waals surface area contributed by atoms with Crippen LogP contribution in [0.4, 0.5) is 0 Å². The fourth-order valence-corrected chi connectivity index (χ4v) is 5.52. The number of hydrogen-bond donors (Lipinski definition) is 2. The Morgan fingerprint density at radius 2 is 1.96 bits per heavy atom. The van der Waals surface area contributed by atoms with Gasteiger partial charge in [0.1, 0.15) is 4.21 Å². The summed E-state index contributed by atoms with van der Waals surface area (Å²) in [5.41, 5.74) is 0. The van der Waals surface area contributed by atoms with Crippen LogP contribution in [0.1, 0.15) is 43.4 Å². The van der Waals surface area contributed by atoms with Crippen molar-refractivity contribution < 1.29 is 8.42 Å². The third-order valence-corrected chi connectivity index (χ3v) is 7.95. The second kappa shape index (κ2) is 11.5. The van der Waals surface area contributed by atoms with Crippen molar-refractivity contribution in [3.05, 3.63) is 17.0 Å². The molecule has 1 aliphatic rings. The summed E-state index contributed by atoms with van der Waals surface area (Å²) in [4.78, 5) is 5.20. The molecule has 0 atom stereocenters. The molecule has 0 aliphatic heterocycles. The molecule has 6 nitrogen and oxygen atoms in total. The predicted octanol–water partition coefficient (Wildman–Crippen LogP) is 3.25. The van der Waals surface area contributed by atoms with E-state index in [1.165, 1.54) is 47.7 Å². The highest BCUT2D eigenvalue weighted by atomic mass is 127. The maximum absolute atomic E-state index is 12.1. The number of nitrogens with zero attached hydrogens (tertiary/aromatic N) is 2. The molecule has 26 heavy (non-hydrogen) atoms. The molecule has 1 saturated carbocycles. The van der Waals surface area contributed by atoms with Gasteiger partial charge in [0, 0.05) is 32.6 Å². The molecule has 1 aliphatic carbocycles. The average molecular weight is 514 g/mol. The summed E-state index contributed by atoms with van der Waals surface area (Å²) in [7, 11) is 1.50. The summed E-state index contributed by atoms with van der Waals surface area (Å²) in [5, 5.41) is 6.58. The number of nitrogens with one attached hydrogen (secondary N) is 2. The van der Waals surface area contributed by atoms with Gasteiger partial charge in [-0.15, -0.1) is 35.3 Å². The van der Waals surface area contributed by atoms with Crippen molar-refractivity contribution in [2.45, 2.75) is 49.3 Å². The van der Waals surface area contributed by atoms with Crippen molar-refractivity contribution in [1.29, 1.82) is 0 Å². The van der Waals surface area contributed by atoms with E-state index in [1.54, 1.807) is 27.2 Å². The number of thiophene rings is 1. The van der Waals surface area contributed by atoms with Crippen molar-refractivity contribution in [2.75, 3.05) is 27.7 Å². The molecule has 9 heteroatoms. The molecule has 0 aromatic carbocycles. The van der Waals surface area contributed by atoms with E-state index in [4.69, 9.17) is 0 Å². The first-order chi connectivity index (χ1) is 11.9. The zero-order valence-electron chi connectivity index (χ0n) is 15.8. The first-order valence-electron chi connectivity index (χ1n) is 8.89. The van der Waals surface area contributed by atoms with Crippen LogP contribution in [0, 0.1) is 5.92 Å². The van der Waals surface area contributed by atoms with Crippen LogP contribution < -0.4 is 10.6 Å². The fourth-order valence-electron chi connectivity index (χ4n) is 3.06. The van der Waals surface area contributed by atoms with Gasteiger partial charge in [-0.2, -0.15) is 0 Å². The molecule has 1 heterocycles. The number of halogens is 1. The van der Waals surface area contributed by atoms with E-state index in [9.17, 15) is 8.42 Å². The van der Waals surface area contributed by atoms with Gasteiger partial charge >= 0.3 is 0 Å². The lowest BCUT2D eigenvalue weighted by Crippen LogP contribution is -2.37. The molecule has 0 spiro atoms. The summed E-state index contributed by atoms with van der Waals surface area (Å²) in [6.45, 7) is 1.48. The smallest absolute Gasteiger partial charge is 0.252 e. The second-order valence-electron chi connectivity index (χ2n) is 6.65. The second-order valence-corrected chi connectivity index (χ2v) is 10.2. The van der Waals surface area contributed by atoms with Crippen molar-refractivity contribution >= 4 is 51.3 Å². The highest BCUT2D eigenvalue weighted by molar-refractivity contribution is 14.0. The zero-order valence-corrected chi connectivity index (χ0v) is 19.8. The van der Waals surface area contributed by atoms with Crippen molar-refractivity contribution in [2.24, 2.45) is 10.9 Å². The first kappa shape index (κ1) is 23.6. The minimum absolute atomic E-state index is 0. The third kappa shape index (κ3) is 6.97. The highest BCUT2D eigenvalue weighted by Gasteiger charge is 2.19. The first-order valence-corrected chi connectivity index (χ1v) is 11.1. The van der Waals surface area contributed by atoms with E-state index < -0.39 is 10.0 Å². The molecule has 0 radical (unpaired) electrons. The SMILES string of the molecule is CN=C(NCCCC1CCCC1)NCc1ccc(S(=O)(=O)N(C)C)s1.I. The van der Waals surface area contributed by atoms with Gasteiger partial charge < -0.3 is 10.6 Å². The van der Waals surface area contributed by atoms with Crippen LogP contribution in [0.2, 0.25) is 0 Å². The summed E-state index contributed by atoms with van der Waals surface area (Å²) in [6, 6.07) is 3.51. The van der Waals surface area contributed by atoms with Crippen LogP contribution in [-0.2, 0) is 16.6 Å². The van der Waals surface area contributed by atoms with Crippen LogP contribution in [0.15, 0.2) is 21.3 Å². The van der Waals surface area contributed by atoms with E-state index in [0.717, 1.165) is 29.7 Å². The van der Waals surface area contributed by atoms with Crippen molar-refractivity contribution in [1.82, 2.24) is 14.9 Å². The van der Waals surface area contributed by atoms with Crippen molar-refractivity contribution in [3.8, 4) is 0 Å². The molecule has 1 aromatic heterocycles. The number of rotatable bonds is 8. The Labute approximate surface area is 178 Å². The standard InChI is InChI=1S/C17H30N4O2S2.HI/c1-18-17(19-12-6-9-14-7-4-5-8-14)20-13-15-10-11-16(24-15)25(22,23)21(2)3;/h10-11,14H,4-9,12-13H2,1-3H3,(H2,18,19,20);1H. The highest BCUT2D eigenvalue weighted by Crippen LogP contribution is 2.28. The number of sulfonamides is 1. The van der Waals surface area contributed by atoms with Gasteiger partial charge in [-0.25, -0.2) is 12.7 Å². The molecule has 2 rings (SSSR count). The zero-order chi connectivity index (χ0) is 18.3. The minimum Gasteiger partial charge on any atom is -0.356 e. The maximum Gasteiger partial charge on any atom is 0.252 e. The lowest BCUT2D eigenvalue weighted by Gasteiger charge is -2.13. The monoisotopic (exact) mass is 514 g/mol. The van der Waals surface area contributed by atoms with E-state index in [-0.39, 0.29) is 24.0 Å². The summed E-state index contributed by atoms with van der Waals surface area (Å²) in [5.74, 6) is 1.68. The quantitative estimate of drug-likeness (QED) is 0.242. The molecule has 1 fully saturated rings. The van der Waals surface area contributed by atoms with Crippen LogP contribution >= 0.6 is 35.3 Å². The van der Waals surface area contributed by atoms with E-state index in [0.29, 0.717) is 10.8 Å². The lowest BCUT2D eigenvalue weighted by molar-refractivity contribution is 0.481. The van der Waals surface area contributed by atoms with E-state index in [2.05, 4.69) is 15.6 Å². The summed E-state index contributed by atoms with van der Waals surface area (Å²) < 4.78 is 25.8. The maximum atomic E-state index is 12.1. The summed E-state index contributed by atoms with van der Waals surface area (Å²) in [6.07, 6.45) is 8.03. The van der Waals surface area contributed by atoms with Gasteiger partial charge in [0.15, 0.2) is 5.96 Å². The Kier molecular flexibility index (Phi) is 10.4. The fraction of sp³-hybridized carbons (Fsp3) is 0.706. The van der Waals surface area contributed by atoms with Gasteiger partial charge in [0.05, 0.1) is 6.54 Å². The number of guanidine groups is 1. The average Bonchev–Trinajstić information content (AvgIpc) is 3.26. The molecule has 2 N–H and O–H groups in total. The van der Waals surface area contributed by atoms with Gasteiger partial charge in [-0.3, -0.25) is 4.99 Å². The van der Waals surface area contributed by atoms with E-state index in [1.807, 2.05) is 6.07 Å². The number of aliphatic imine (C=N–C) groups is 1. The molecule has 1 aromatic rings. The van der Waals surface area contributed by atoms with Gasteiger partial charge in [0.2, 0.25) is 0 Å². The molecule has 0 bridgehead atoms. The molecule has 150 valence electrons. The van der Waals surface area contributed by atoms with Crippen LogP contribution in [0.25, 0.3) is 0 Å². The Hall–Kier alpha value is -0.390. The van der Waals surface area contributed by atoms with Crippen LogP contribution in [-0.4, -0.2) is 46.4 Å². The molecule has 0 amide bonds. The van der Waals surface area contributed by atoms with Crippen LogP contribution in [0.3, 0.4) is 0 Å². The minimum atomic E-state index is -3.35. The molecule has 0 saturated heterocycles. The molecule has 0 unspecified atom stereocenters. The van der Waals surface area contributed by atoms with Crippen LogP contribution in [0.5, 0.6) is 0 Å². The number of hydrogen-bond acceptors (Lipinski definition) is 4. The Bertz CT molecular complexity index is 668. The Morgan fingerprint density at radius 3 is 2.58 bits per heavy atom. The normalized spacial score (nSPS) is 15.9. The lowest BCUT2D eigenvalue weighted by atomic mass is 10.0. The largest absolute Gasteiger partial charge is 0.356 e. The predicted molar refractivity (Wildman–Crippen MR) is 120 cm³/mol. The molecular weight excluding hydrogens is 483 g/mol. The van der Waals surface area contributed by atoms with Gasteiger partial charge in [0.25, 0.3) is 10.0 Å². The van der Waals surface area contributed by atoms with Gasteiger partial charge in [-0.05, 0) is 30.9 Å².